The van der Waals surface area contributed by atoms with Gasteiger partial charge in [-0.15, -0.1) is 0 Å². The fraction of sp³-hybridized carbons (Fsp3) is 0.133. The Morgan fingerprint density at radius 2 is 2.00 bits per heavy atom. The van der Waals surface area contributed by atoms with Crippen molar-refractivity contribution >= 4 is 27.0 Å². The van der Waals surface area contributed by atoms with Crippen LogP contribution < -0.4 is 4.74 Å². The van der Waals surface area contributed by atoms with Gasteiger partial charge < -0.3 is 14.4 Å². The molecular weight excluding hydrogens is 320 g/mol. The van der Waals surface area contributed by atoms with E-state index in [0.717, 1.165) is 15.5 Å². The van der Waals surface area contributed by atoms with Gasteiger partial charge in [-0.2, -0.15) is 0 Å². The van der Waals surface area contributed by atoms with Gasteiger partial charge in [-0.05, 0) is 36.4 Å². The number of imidazole rings is 1. The number of aryl methyl sites for hydroxylation is 1. The maximum atomic E-state index is 10.1. The summed E-state index contributed by atoms with van der Waals surface area (Å²) in [5.41, 5.74) is 2.53. The Balaban J connectivity index is 2.26. The van der Waals surface area contributed by atoms with Gasteiger partial charge in [0.1, 0.15) is 17.3 Å². The lowest BCUT2D eigenvalue weighted by molar-refractivity contribution is 0.412. The first-order valence-corrected chi connectivity index (χ1v) is 6.89. The van der Waals surface area contributed by atoms with Gasteiger partial charge in [-0.1, -0.05) is 15.9 Å². The average Bonchev–Trinajstić information content (AvgIpc) is 2.76. The Bertz CT molecular complexity index is 796. The fourth-order valence-corrected chi connectivity index (χ4v) is 2.58. The third-order valence-electron chi connectivity index (χ3n) is 3.29. The third kappa shape index (κ3) is 2.04. The number of benzene rings is 2. The average molecular weight is 333 g/mol. The Hall–Kier alpha value is -2.01. The quantitative estimate of drug-likeness (QED) is 0.778. The van der Waals surface area contributed by atoms with Gasteiger partial charge >= 0.3 is 0 Å². The molecular formula is C15H13BrN2O2. The second-order valence-electron chi connectivity index (χ2n) is 4.51. The maximum absolute atomic E-state index is 10.1. The molecule has 1 heterocycles. The van der Waals surface area contributed by atoms with Crippen LogP contribution in [0.4, 0.5) is 0 Å². The molecule has 0 radical (unpaired) electrons. The van der Waals surface area contributed by atoms with E-state index in [0.29, 0.717) is 17.1 Å². The molecule has 0 saturated heterocycles. The molecule has 1 N–H and O–H groups in total. The number of methoxy groups -OCH3 is 1. The van der Waals surface area contributed by atoms with Gasteiger partial charge in [0.05, 0.1) is 23.7 Å². The van der Waals surface area contributed by atoms with Crippen molar-refractivity contribution in [2.75, 3.05) is 7.11 Å². The summed E-state index contributed by atoms with van der Waals surface area (Å²) in [7, 11) is 3.53. The number of aromatic hydroxyl groups is 1. The zero-order chi connectivity index (χ0) is 14.3. The van der Waals surface area contributed by atoms with E-state index in [2.05, 4.69) is 20.9 Å². The molecule has 0 saturated carbocycles. The maximum Gasteiger partial charge on any atom is 0.144 e. The smallest absolute Gasteiger partial charge is 0.144 e. The molecule has 3 rings (SSSR count). The van der Waals surface area contributed by atoms with Crippen molar-refractivity contribution < 1.29 is 9.84 Å². The highest BCUT2D eigenvalue weighted by atomic mass is 79.9. The molecule has 0 aliphatic rings. The Morgan fingerprint density at radius 1 is 1.20 bits per heavy atom. The highest BCUT2D eigenvalue weighted by Crippen LogP contribution is 2.33. The lowest BCUT2D eigenvalue weighted by Crippen LogP contribution is -1.93. The SMILES string of the molecule is COc1ccc(O)c(-c2nc3cc(Br)ccc3n2C)c1. The summed E-state index contributed by atoms with van der Waals surface area (Å²) in [5.74, 6) is 1.57. The molecule has 0 bridgehead atoms. The van der Waals surface area contributed by atoms with Crippen molar-refractivity contribution in [3.05, 3.63) is 40.9 Å². The van der Waals surface area contributed by atoms with Crippen molar-refractivity contribution in [2.24, 2.45) is 7.05 Å². The highest BCUT2D eigenvalue weighted by molar-refractivity contribution is 9.10. The lowest BCUT2D eigenvalue weighted by Gasteiger charge is -2.07. The number of hydrogen-bond donors (Lipinski definition) is 1. The van der Waals surface area contributed by atoms with E-state index < -0.39 is 0 Å². The van der Waals surface area contributed by atoms with Crippen LogP contribution in [0.15, 0.2) is 40.9 Å². The highest BCUT2D eigenvalue weighted by Gasteiger charge is 2.14. The predicted octanol–water partition coefficient (Wildman–Crippen LogP) is 3.72. The van der Waals surface area contributed by atoms with Crippen LogP contribution in [0, 0.1) is 0 Å². The summed E-state index contributed by atoms with van der Waals surface area (Å²) in [6.45, 7) is 0. The minimum atomic E-state index is 0.184. The van der Waals surface area contributed by atoms with Crippen LogP contribution in [0.3, 0.4) is 0 Å². The number of nitrogens with zero attached hydrogens (tertiary/aromatic N) is 2. The molecule has 2 aromatic carbocycles. The summed E-state index contributed by atoms with van der Waals surface area (Å²) < 4.78 is 8.14. The molecule has 102 valence electrons. The van der Waals surface area contributed by atoms with E-state index in [-0.39, 0.29) is 5.75 Å². The van der Waals surface area contributed by atoms with Crippen LogP contribution in [-0.4, -0.2) is 21.8 Å². The first-order valence-electron chi connectivity index (χ1n) is 6.09. The first-order chi connectivity index (χ1) is 9.60. The van der Waals surface area contributed by atoms with E-state index in [4.69, 9.17) is 4.74 Å². The minimum Gasteiger partial charge on any atom is -0.507 e. The van der Waals surface area contributed by atoms with E-state index >= 15 is 0 Å². The summed E-state index contributed by atoms with van der Waals surface area (Å²) in [6, 6.07) is 11.0. The molecule has 1 aromatic heterocycles. The van der Waals surface area contributed by atoms with Gasteiger partial charge in [0.25, 0.3) is 0 Å². The van der Waals surface area contributed by atoms with Gasteiger partial charge in [0.15, 0.2) is 0 Å². The van der Waals surface area contributed by atoms with Crippen molar-refractivity contribution in [2.45, 2.75) is 0 Å². The van der Waals surface area contributed by atoms with Crippen LogP contribution in [0.5, 0.6) is 11.5 Å². The molecule has 0 unspecified atom stereocenters. The predicted molar refractivity (Wildman–Crippen MR) is 82.1 cm³/mol. The number of phenolic OH excluding ortho intramolecular Hbond substituents is 1. The number of hydrogen-bond acceptors (Lipinski definition) is 3. The topological polar surface area (TPSA) is 47.3 Å². The number of fused-ring (bicyclic) bond motifs is 1. The van der Waals surface area contributed by atoms with E-state index in [9.17, 15) is 5.11 Å². The number of halogens is 1. The van der Waals surface area contributed by atoms with Crippen molar-refractivity contribution in [1.29, 1.82) is 0 Å². The van der Waals surface area contributed by atoms with E-state index in [1.165, 1.54) is 0 Å². The molecule has 0 aliphatic heterocycles. The Labute approximate surface area is 124 Å². The van der Waals surface area contributed by atoms with Gasteiger partial charge in [-0.25, -0.2) is 4.98 Å². The van der Waals surface area contributed by atoms with Crippen LogP contribution in [0.2, 0.25) is 0 Å². The van der Waals surface area contributed by atoms with Gasteiger partial charge in [0.2, 0.25) is 0 Å². The van der Waals surface area contributed by atoms with Crippen molar-refractivity contribution in [1.82, 2.24) is 9.55 Å². The lowest BCUT2D eigenvalue weighted by atomic mass is 10.2. The standard InChI is InChI=1S/C15H13BrN2O2/c1-18-13-5-3-9(16)7-12(13)17-15(18)11-8-10(20-2)4-6-14(11)19/h3-8,19H,1-2H3. The van der Waals surface area contributed by atoms with Crippen LogP contribution >= 0.6 is 15.9 Å². The molecule has 3 aromatic rings. The van der Waals surface area contributed by atoms with Gasteiger partial charge in [0, 0.05) is 11.5 Å². The zero-order valence-electron chi connectivity index (χ0n) is 11.1. The second-order valence-corrected chi connectivity index (χ2v) is 5.43. The number of aromatic nitrogens is 2. The molecule has 0 amide bonds. The number of phenols is 1. The van der Waals surface area contributed by atoms with Crippen molar-refractivity contribution in [3.63, 3.8) is 0 Å². The molecule has 5 heteroatoms. The Kier molecular flexibility index (Phi) is 3.14. The fourth-order valence-electron chi connectivity index (χ4n) is 2.24. The summed E-state index contributed by atoms with van der Waals surface area (Å²) in [6.07, 6.45) is 0. The first kappa shape index (κ1) is 13.0. The second kappa shape index (κ2) is 4.83. The molecule has 0 aliphatic carbocycles. The summed E-state index contributed by atoms with van der Waals surface area (Å²) in [5, 5.41) is 10.1. The Morgan fingerprint density at radius 3 is 2.75 bits per heavy atom. The molecule has 4 nitrogen and oxygen atoms in total. The zero-order valence-corrected chi connectivity index (χ0v) is 12.7. The molecule has 0 spiro atoms. The number of ether oxygens (including phenoxy) is 1. The minimum absolute atomic E-state index is 0.184. The number of rotatable bonds is 2. The molecule has 20 heavy (non-hydrogen) atoms. The largest absolute Gasteiger partial charge is 0.507 e. The van der Waals surface area contributed by atoms with Crippen LogP contribution in [0.25, 0.3) is 22.4 Å². The molecule has 0 fully saturated rings. The van der Waals surface area contributed by atoms with Crippen LogP contribution in [-0.2, 0) is 7.05 Å². The summed E-state index contributed by atoms with van der Waals surface area (Å²) >= 11 is 3.44. The van der Waals surface area contributed by atoms with Crippen LogP contribution in [0.1, 0.15) is 0 Å². The van der Waals surface area contributed by atoms with E-state index in [1.54, 1.807) is 25.3 Å². The molecule has 0 atom stereocenters. The third-order valence-corrected chi connectivity index (χ3v) is 3.78. The summed E-state index contributed by atoms with van der Waals surface area (Å²) in [4.78, 5) is 4.60. The van der Waals surface area contributed by atoms with Gasteiger partial charge in [-0.3, -0.25) is 0 Å². The normalized spacial score (nSPS) is 10.9. The van der Waals surface area contributed by atoms with E-state index in [1.807, 2.05) is 29.8 Å². The van der Waals surface area contributed by atoms with Crippen molar-refractivity contribution in [3.8, 4) is 22.9 Å². The monoisotopic (exact) mass is 332 g/mol.